The minimum atomic E-state index is -3.93. The molecule has 1 heterocycles. The molecule has 1 saturated heterocycles. The van der Waals surface area contributed by atoms with Crippen LogP contribution in [0.3, 0.4) is 0 Å². The molecule has 1 amide bonds. The molecule has 0 atom stereocenters. The highest BCUT2D eigenvalue weighted by molar-refractivity contribution is 7.89. The molecule has 1 fully saturated rings. The van der Waals surface area contributed by atoms with E-state index in [0.29, 0.717) is 32.0 Å². The highest BCUT2D eigenvalue weighted by Gasteiger charge is 2.21. The van der Waals surface area contributed by atoms with Crippen molar-refractivity contribution in [3.63, 3.8) is 0 Å². The Bertz CT molecular complexity index is 1040. The summed E-state index contributed by atoms with van der Waals surface area (Å²) in [6, 6.07) is 12.2. The maximum Gasteiger partial charge on any atom is 0.253 e. The van der Waals surface area contributed by atoms with E-state index in [2.05, 4.69) is 26.1 Å². The monoisotopic (exact) mass is 461 g/mol. The maximum absolute atomic E-state index is 12.9. The molecule has 174 valence electrons. The van der Waals surface area contributed by atoms with Gasteiger partial charge in [0.2, 0.25) is 10.0 Å². The normalized spacial score (nSPS) is 14.8. The molecule has 0 spiro atoms. The Hall–Kier alpha value is -2.62. The SMILES string of the molecule is CC(C)(C)c1ccc(OCCNC(=O)c2cc(S(N)(=O)=O)ccc2N2CCOCC2)cc1. The fourth-order valence-corrected chi connectivity index (χ4v) is 3.97. The number of amides is 1. The fourth-order valence-electron chi connectivity index (χ4n) is 3.43. The van der Waals surface area contributed by atoms with Crippen molar-refractivity contribution in [2.45, 2.75) is 31.1 Å². The lowest BCUT2D eigenvalue weighted by molar-refractivity contribution is 0.0945. The zero-order valence-corrected chi connectivity index (χ0v) is 19.6. The van der Waals surface area contributed by atoms with Gasteiger partial charge in [0.15, 0.2) is 0 Å². The van der Waals surface area contributed by atoms with Gasteiger partial charge >= 0.3 is 0 Å². The quantitative estimate of drug-likeness (QED) is 0.612. The predicted molar refractivity (Wildman–Crippen MR) is 124 cm³/mol. The second kappa shape index (κ2) is 9.89. The maximum atomic E-state index is 12.9. The van der Waals surface area contributed by atoms with Gasteiger partial charge in [0.1, 0.15) is 12.4 Å². The number of hydrogen-bond acceptors (Lipinski definition) is 6. The van der Waals surface area contributed by atoms with Crippen molar-refractivity contribution in [2.75, 3.05) is 44.4 Å². The van der Waals surface area contributed by atoms with Gasteiger partial charge in [-0.15, -0.1) is 0 Å². The van der Waals surface area contributed by atoms with Crippen LogP contribution in [0, 0.1) is 0 Å². The number of hydrogen-bond donors (Lipinski definition) is 2. The number of rotatable bonds is 7. The Kier molecular flexibility index (Phi) is 7.43. The summed E-state index contributed by atoms with van der Waals surface area (Å²) in [5.74, 6) is 0.334. The van der Waals surface area contributed by atoms with Crippen molar-refractivity contribution in [1.82, 2.24) is 5.32 Å². The summed E-state index contributed by atoms with van der Waals surface area (Å²) in [5.41, 5.74) is 2.18. The molecule has 0 saturated carbocycles. The Labute approximate surface area is 189 Å². The second-order valence-corrected chi connectivity index (χ2v) is 10.3. The molecular weight excluding hydrogens is 430 g/mol. The first kappa shape index (κ1) is 24.0. The first-order chi connectivity index (χ1) is 15.1. The highest BCUT2D eigenvalue weighted by atomic mass is 32.2. The molecule has 0 bridgehead atoms. The van der Waals surface area contributed by atoms with Gasteiger partial charge in [0.05, 0.1) is 30.2 Å². The van der Waals surface area contributed by atoms with E-state index in [9.17, 15) is 13.2 Å². The first-order valence-electron chi connectivity index (χ1n) is 10.6. The van der Waals surface area contributed by atoms with Crippen LogP contribution in [0.4, 0.5) is 5.69 Å². The van der Waals surface area contributed by atoms with E-state index < -0.39 is 10.0 Å². The summed E-state index contributed by atoms with van der Waals surface area (Å²) in [6.07, 6.45) is 0. The van der Waals surface area contributed by atoms with Crippen LogP contribution < -0.4 is 20.1 Å². The Morgan fingerprint density at radius 3 is 2.38 bits per heavy atom. The molecule has 2 aromatic rings. The first-order valence-corrected chi connectivity index (χ1v) is 12.1. The lowest BCUT2D eigenvalue weighted by Crippen LogP contribution is -2.38. The summed E-state index contributed by atoms with van der Waals surface area (Å²) in [5, 5.41) is 8.07. The standard InChI is InChI=1S/C23H31N3O5S/c1-23(2,3)17-4-6-18(7-5-17)31-13-10-25-22(27)20-16-19(32(24,28)29)8-9-21(20)26-11-14-30-15-12-26/h4-9,16H,10-15H2,1-3H3,(H,25,27)(H2,24,28,29). The average molecular weight is 462 g/mol. The number of nitrogens with two attached hydrogens (primary N) is 1. The van der Waals surface area contributed by atoms with E-state index in [0.717, 1.165) is 5.75 Å². The second-order valence-electron chi connectivity index (χ2n) is 8.70. The van der Waals surface area contributed by atoms with Crippen molar-refractivity contribution in [2.24, 2.45) is 5.14 Å². The van der Waals surface area contributed by atoms with Gasteiger partial charge in [-0.1, -0.05) is 32.9 Å². The fraction of sp³-hybridized carbons (Fsp3) is 0.435. The van der Waals surface area contributed by atoms with Crippen molar-refractivity contribution < 1.29 is 22.7 Å². The van der Waals surface area contributed by atoms with Crippen LogP contribution in [0.2, 0.25) is 0 Å². The predicted octanol–water partition coefficient (Wildman–Crippen LogP) is 2.28. The number of morpholine rings is 1. The topological polar surface area (TPSA) is 111 Å². The van der Waals surface area contributed by atoms with Gasteiger partial charge in [0.25, 0.3) is 5.91 Å². The molecule has 3 N–H and O–H groups in total. The average Bonchev–Trinajstić information content (AvgIpc) is 2.76. The number of primary sulfonamides is 1. The molecular formula is C23H31N3O5S. The van der Waals surface area contributed by atoms with Gasteiger partial charge in [-0.05, 0) is 41.3 Å². The van der Waals surface area contributed by atoms with E-state index in [1.54, 1.807) is 6.07 Å². The third kappa shape index (κ3) is 6.21. The van der Waals surface area contributed by atoms with Gasteiger partial charge in [-0.25, -0.2) is 13.6 Å². The number of nitrogens with one attached hydrogen (secondary N) is 1. The lowest BCUT2D eigenvalue weighted by Gasteiger charge is -2.30. The zero-order chi connectivity index (χ0) is 23.4. The molecule has 1 aliphatic heterocycles. The molecule has 0 aliphatic carbocycles. The molecule has 8 nitrogen and oxygen atoms in total. The number of benzene rings is 2. The zero-order valence-electron chi connectivity index (χ0n) is 18.8. The molecule has 0 radical (unpaired) electrons. The highest BCUT2D eigenvalue weighted by Crippen LogP contribution is 2.25. The minimum Gasteiger partial charge on any atom is -0.492 e. The summed E-state index contributed by atoms with van der Waals surface area (Å²) in [6.45, 7) is 9.30. The molecule has 0 unspecified atom stereocenters. The number of ether oxygens (including phenoxy) is 2. The van der Waals surface area contributed by atoms with Crippen molar-refractivity contribution in [1.29, 1.82) is 0 Å². The summed E-state index contributed by atoms with van der Waals surface area (Å²) >= 11 is 0. The largest absolute Gasteiger partial charge is 0.492 e. The van der Waals surface area contributed by atoms with Crippen LogP contribution in [0.5, 0.6) is 5.75 Å². The molecule has 1 aliphatic rings. The van der Waals surface area contributed by atoms with Crippen LogP contribution in [0.15, 0.2) is 47.4 Å². The summed E-state index contributed by atoms with van der Waals surface area (Å²) in [4.78, 5) is 14.8. The van der Waals surface area contributed by atoms with E-state index >= 15 is 0 Å². The number of carbonyl (C=O) groups excluding carboxylic acids is 1. The van der Waals surface area contributed by atoms with Gasteiger partial charge < -0.3 is 19.7 Å². The summed E-state index contributed by atoms with van der Waals surface area (Å²) in [7, 11) is -3.93. The number of carbonyl (C=O) groups is 1. The van der Waals surface area contributed by atoms with Crippen molar-refractivity contribution in [3.8, 4) is 5.75 Å². The van der Waals surface area contributed by atoms with Crippen molar-refractivity contribution >= 4 is 21.6 Å². The van der Waals surface area contributed by atoms with E-state index in [4.69, 9.17) is 14.6 Å². The van der Waals surface area contributed by atoms with Gasteiger partial charge in [0, 0.05) is 18.8 Å². The summed E-state index contributed by atoms with van der Waals surface area (Å²) < 4.78 is 34.7. The number of anilines is 1. The smallest absolute Gasteiger partial charge is 0.253 e. The third-order valence-corrected chi connectivity index (χ3v) is 6.18. The van der Waals surface area contributed by atoms with Crippen LogP contribution in [-0.2, 0) is 20.2 Å². The van der Waals surface area contributed by atoms with Gasteiger partial charge in [-0.3, -0.25) is 4.79 Å². The Balaban J connectivity index is 1.65. The van der Waals surface area contributed by atoms with Crippen LogP contribution in [0.25, 0.3) is 0 Å². The van der Waals surface area contributed by atoms with Crippen LogP contribution in [-0.4, -0.2) is 53.8 Å². The Morgan fingerprint density at radius 1 is 1.12 bits per heavy atom. The van der Waals surface area contributed by atoms with Crippen LogP contribution in [0.1, 0.15) is 36.7 Å². The lowest BCUT2D eigenvalue weighted by atomic mass is 9.87. The van der Waals surface area contributed by atoms with E-state index in [-0.39, 0.29) is 34.9 Å². The van der Waals surface area contributed by atoms with E-state index in [1.165, 1.54) is 17.7 Å². The third-order valence-electron chi connectivity index (χ3n) is 5.27. The number of nitrogens with zero attached hydrogens (tertiary/aromatic N) is 1. The van der Waals surface area contributed by atoms with Crippen molar-refractivity contribution in [3.05, 3.63) is 53.6 Å². The number of sulfonamides is 1. The molecule has 3 rings (SSSR count). The molecule has 2 aromatic carbocycles. The Morgan fingerprint density at radius 2 is 1.78 bits per heavy atom. The molecule has 32 heavy (non-hydrogen) atoms. The van der Waals surface area contributed by atoms with E-state index in [1.807, 2.05) is 29.2 Å². The minimum absolute atomic E-state index is 0.0657. The van der Waals surface area contributed by atoms with Crippen LogP contribution >= 0.6 is 0 Å². The molecule has 0 aromatic heterocycles. The van der Waals surface area contributed by atoms with Gasteiger partial charge in [-0.2, -0.15) is 0 Å². The molecule has 9 heteroatoms.